The molecule has 0 radical (unpaired) electrons. The minimum absolute atomic E-state index is 0.159. The van der Waals surface area contributed by atoms with Gasteiger partial charge in [0.25, 0.3) is 0 Å². The third kappa shape index (κ3) is 12.1. The molecule has 0 fully saturated rings. The minimum Gasteiger partial charge on any atom is -0.340 e. The molecule has 0 heterocycles. The van der Waals surface area contributed by atoms with Crippen molar-refractivity contribution in [3.05, 3.63) is 0 Å². The van der Waals surface area contributed by atoms with E-state index in [0.717, 1.165) is 12.8 Å². The van der Waals surface area contributed by atoms with Crippen molar-refractivity contribution in [1.82, 2.24) is 5.48 Å². The van der Waals surface area contributed by atoms with Gasteiger partial charge in [0.2, 0.25) is 5.78 Å². The van der Waals surface area contributed by atoms with Crippen LogP contribution >= 0.6 is 0 Å². The van der Waals surface area contributed by atoms with E-state index < -0.39 is 17.7 Å². The van der Waals surface area contributed by atoms with Crippen LogP contribution in [-0.2, 0) is 19.2 Å². The molecule has 0 aromatic carbocycles. The van der Waals surface area contributed by atoms with Crippen molar-refractivity contribution in [3.63, 3.8) is 0 Å². The van der Waals surface area contributed by atoms with Gasteiger partial charge < -0.3 is 4.84 Å². The number of carbonyl (C=O) groups is 3. The van der Waals surface area contributed by atoms with E-state index in [2.05, 4.69) is 11.8 Å². The topological polar surface area (TPSA) is 72.5 Å². The van der Waals surface area contributed by atoms with Gasteiger partial charge in [-0.3, -0.25) is 9.59 Å². The predicted molar refractivity (Wildman–Crippen MR) is 81.4 cm³/mol. The smallest absolute Gasteiger partial charge is 0.331 e. The Morgan fingerprint density at radius 1 is 0.810 bits per heavy atom. The van der Waals surface area contributed by atoms with Gasteiger partial charge >= 0.3 is 11.9 Å². The van der Waals surface area contributed by atoms with Crippen LogP contribution in [0.25, 0.3) is 0 Å². The average Bonchev–Trinajstić information content (AvgIpc) is 2.50. The van der Waals surface area contributed by atoms with Crippen LogP contribution in [0, 0.1) is 0 Å². The summed E-state index contributed by atoms with van der Waals surface area (Å²) in [6, 6.07) is 0. The maximum atomic E-state index is 11.4. The van der Waals surface area contributed by atoms with Gasteiger partial charge in [-0.05, 0) is 6.42 Å². The second-order valence-corrected chi connectivity index (χ2v) is 5.26. The summed E-state index contributed by atoms with van der Waals surface area (Å²) in [5.74, 6) is -1.92. The Balaban J connectivity index is 3.44. The van der Waals surface area contributed by atoms with Crippen molar-refractivity contribution in [2.24, 2.45) is 0 Å². The van der Waals surface area contributed by atoms with Gasteiger partial charge in [-0.25, -0.2) is 4.79 Å². The number of unbranched alkanes of at least 4 members (excludes halogenated alkanes) is 8. The Labute approximate surface area is 127 Å². The number of hydrogen-bond donors (Lipinski definition) is 1. The summed E-state index contributed by atoms with van der Waals surface area (Å²) < 4.78 is 0. The molecule has 0 rings (SSSR count). The third-order valence-electron chi connectivity index (χ3n) is 3.31. The first-order valence-electron chi connectivity index (χ1n) is 8.14. The van der Waals surface area contributed by atoms with E-state index in [4.69, 9.17) is 0 Å². The van der Waals surface area contributed by atoms with Gasteiger partial charge in [0.05, 0.1) is 0 Å². The molecule has 0 bridgehead atoms. The van der Waals surface area contributed by atoms with E-state index in [9.17, 15) is 14.4 Å². The van der Waals surface area contributed by atoms with Gasteiger partial charge in [0.1, 0.15) is 0 Å². The first kappa shape index (κ1) is 19.6. The Hall–Kier alpha value is -1.39. The maximum Gasteiger partial charge on any atom is 0.331 e. The van der Waals surface area contributed by atoms with Crippen LogP contribution in [0.3, 0.4) is 0 Å². The third-order valence-corrected chi connectivity index (χ3v) is 3.31. The lowest BCUT2D eigenvalue weighted by molar-refractivity contribution is -0.160. The molecule has 122 valence electrons. The number of Topliss-reactive ketones (excluding diaryl/α,β-unsaturated/α-hetero) is 1. The maximum absolute atomic E-state index is 11.4. The highest BCUT2D eigenvalue weighted by Gasteiger charge is 2.14. The molecule has 0 aliphatic heterocycles. The van der Waals surface area contributed by atoms with E-state index >= 15 is 0 Å². The minimum atomic E-state index is -0.837. The number of nitrogens with one attached hydrogen (secondary N) is 1. The molecule has 0 atom stereocenters. The molecule has 5 nitrogen and oxygen atoms in total. The van der Waals surface area contributed by atoms with E-state index in [1.165, 1.54) is 38.5 Å². The normalized spacial score (nSPS) is 10.2. The van der Waals surface area contributed by atoms with Crippen molar-refractivity contribution < 1.29 is 19.2 Å². The van der Waals surface area contributed by atoms with Gasteiger partial charge in [-0.1, -0.05) is 65.2 Å². The zero-order valence-electron chi connectivity index (χ0n) is 13.4. The Kier molecular flexibility index (Phi) is 12.7. The summed E-state index contributed by atoms with van der Waals surface area (Å²) in [4.78, 5) is 38.0. The van der Waals surface area contributed by atoms with Crippen LogP contribution in [0.15, 0.2) is 0 Å². The van der Waals surface area contributed by atoms with Crippen LogP contribution in [0.1, 0.15) is 84.5 Å². The zero-order valence-corrected chi connectivity index (χ0v) is 13.4. The summed E-state index contributed by atoms with van der Waals surface area (Å²) >= 11 is 0. The van der Waals surface area contributed by atoms with Crippen LogP contribution in [0.2, 0.25) is 0 Å². The molecule has 0 spiro atoms. The molecule has 0 aliphatic rings. The number of ketones is 1. The lowest BCUT2D eigenvalue weighted by Crippen LogP contribution is -2.32. The Morgan fingerprint density at radius 2 is 1.33 bits per heavy atom. The average molecular weight is 299 g/mol. The Bertz CT molecular complexity index is 315. The molecular formula is C16H29NO4. The summed E-state index contributed by atoms with van der Waals surface area (Å²) in [6.07, 6.45) is 10.8. The first-order valence-corrected chi connectivity index (χ1v) is 8.14. The molecule has 0 unspecified atom stereocenters. The number of hydrogen-bond acceptors (Lipinski definition) is 4. The second kappa shape index (κ2) is 13.6. The van der Waals surface area contributed by atoms with Crippen molar-refractivity contribution in [1.29, 1.82) is 0 Å². The fraction of sp³-hybridized carbons (Fsp3) is 0.812. The zero-order chi connectivity index (χ0) is 15.9. The molecule has 0 saturated carbocycles. The highest BCUT2D eigenvalue weighted by Crippen LogP contribution is 2.10. The largest absolute Gasteiger partial charge is 0.340 e. The molecule has 0 aromatic heterocycles. The monoisotopic (exact) mass is 299 g/mol. The van der Waals surface area contributed by atoms with Crippen molar-refractivity contribution >= 4 is 17.7 Å². The predicted octanol–water partition coefficient (Wildman–Crippen LogP) is 3.46. The fourth-order valence-corrected chi connectivity index (χ4v) is 1.94. The molecule has 0 saturated heterocycles. The van der Waals surface area contributed by atoms with E-state index in [1.807, 2.05) is 5.48 Å². The number of carbonyl (C=O) groups excluding carboxylic acids is 3. The van der Waals surface area contributed by atoms with E-state index in [-0.39, 0.29) is 12.8 Å². The molecule has 0 aromatic rings. The highest BCUT2D eigenvalue weighted by atomic mass is 16.7. The Morgan fingerprint density at radius 3 is 1.86 bits per heavy atom. The quantitative estimate of drug-likeness (QED) is 0.340. The lowest BCUT2D eigenvalue weighted by atomic mass is 10.1. The summed E-state index contributed by atoms with van der Waals surface area (Å²) in [5, 5.41) is 0. The molecule has 21 heavy (non-hydrogen) atoms. The van der Waals surface area contributed by atoms with E-state index in [0.29, 0.717) is 6.42 Å². The SMILES string of the molecule is CCCCCCCCCCCC(=O)C(=O)NOC(=O)CC. The van der Waals surface area contributed by atoms with Gasteiger partial charge in [-0.2, -0.15) is 5.48 Å². The lowest BCUT2D eigenvalue weighted by Gasteiger charge is -2.04. The van der Waals surface area contributed by atoms with E-state index in [1.54, 1.807) is 6.92 Å². The first-order chi connectivity index (χ1) is 10.1. The summed E-state index contributed by atoms with van der Waals surface area (Å²) in [6.45, 7) is 3.81. The van der Waals surface area contributed by atoms with Gasteiger partial charge in [0.15, 0.2) is 0 Å². The van der Waals surface area contributed by atoms with Crippen LogP contribution in [0.5, 0.6) is 0 Å². The molecule has 0 aliphatic carbocycles. The van der Waals surface area contributed by atoms with Gasteiger partial charge in [-0.15, -0.1) is 0 Å². The summed E-state index contributed by atoms with van der Waals surface area (Å²) in [5.41, 5.74) is 1.88. The molecule has 1 N–H and O–H groups in total. The second-order valence-electron chi connectivity index (χ2n) is 5.26. The van der Waals surface area contributed by atoms with Crippen LogP contribution in [0.4, 0.5) is 0 Å². The van der Waals surface area contributed by atoms with Crippen molar-refractivity contribution in [3.8, 4) is 0 Å². The van der Waals surface area contributed by atoms with Gasteiger partial charge in [0, 0.05) is 12.8 Å². The number of hydroxylamine groups is 1. The van der Waals surface area contributed by atoms with Crippen molar-refractivity contribution in [2.75, 3.05) is 0 Å². The van der Waals surface area contributed by atoms with Crippen molar-refractivity contribution in [2.45, 2.75) is 84.5 Å². The number of amides is 1. The highest BCUT2D eigenvalue weighted by molar-refractivity contribution is 6.35. The summed E-state index contributed by atoms with van der Waals surface area (Å²) in [7, 11) is 0. The molecule has 1 amide bonds. The molecule has 5 heteroatoms. The standard InChI is InChI=1S/C16H29NO4/c1-3-5-6-7-8-9-10-11-12-13-14(18)16(20)17-21-15(19)4-2/h3-13H2,1-2H3,(H,17,20). The molecular weight excluding hydrogens is 270 g/mol. The van der Waals surface area contributed by atoms with Crippen LogP contribution < -0.4 is 5.48 Å². The van der Waals surface area contributed by atoms with Crippen LogP contribution in [-0.4, -0.2) is 17.7 Å². The number of rotatable bonds is 12. The fourth-order valence-electron chi connectivity index (χ4n) is 1.94.